The lowest BCUT2D eigenvalue weighted by Gasteiger charge is -2.36. The van der Waals surface area contributed by atoms with Crippen LogP contribution in [0.4, 0.5) is 14.9 Å². The van der Waals surface area contributed by atoms with Crippen molar-refractivity contribution >= 4 is 11.7 Å². The second-order valence-electron chi connectivity index (χ2n) is 10.4. The van der Waals surface area contributed by atoms with E-state index >= 15 is 0 Å². The van der Waals surface area contributed by atoms with Crippen LogP contribution >= 0.6 is 0 Å². The van der Waals surface area contributed by atoms with Crippen molar-refractivity contribution in [3.05, 3.63) is 30.1 Å². The van der Waals surface area contributed by atoms with Gasteiger partial charge < -0.3 is 25.3 Å². The van der Waals surface area contributed by atoms with E-state index in [-0.39, 0.29) is 11.8 Å². The Hall–Kier alpha value is -1.70. The molecule has 1 aromatic carbocycles. The summed E-state index contributed by atoms with van der Waals surface area (Å²) >= 11 is 0. The Bertz CT molecular complexity index is 700. The first-order valence-corrected chi connectivity index (χ1v) is 14.8. The number of unbranched alkanes of at least 4 members (excludes halogenated alkanes) is 1. The van der Waals surface area contributed by atoms with Crippen molar-refractivity contribution in [3.8, 4) is 0 Å². The average Bonchev–Trinajstić information content (AvgIpc) is 2.92. The van der Waals surface area contributed by atoms with Crippen molar-refractivity contribution in [2.24, 2.45) is 5.92 Å². The molecule has 1 atom stereocenters. The van der Waals surface area contributed by atoms with Crippen molar-refractivity contribution in [2.45, 2.75) is 91.6 Å². The molecule has 0 radical (unpaired) electrons. The third kappa shape index (κ3) is 13.6. The lowest BCUT2D eigenvalue weighted by atomic mass is 9.97. The van der Waals surface area contributed by atoms with Crippen molar-refractivity contribution < 1.29 is 9.18 Å². The van der Waals surface area contributed by atoms with E-state index in [2.05, 4.69) is 48.3 Å². The molecular weight excluding hydrogens is 465 g/mol. The number of urea groups is 1. The van der Waals surface area contributed by atoms with Crippen LogP contribution in [0.3, 0.4) is 0 Å². The maximum absolute atomic E-state index is 12.8. The molecule has 0 aliphatic carbocycles. The minimum Gasteiger partial charge on any atom is -0.327 e. The lowest BCUT2D eigenvalue weighted by Crippen LogP contribution is -2.45. The number of hydrogen-bond acceptors (Lipinski definition) is 4. The fourth-order valence-electron chi connectivity index (χ4n) is 4.98. The first kappa shape index (κ1) is 33.3. The summed E-state index contributed by atoms with van der Waals surface area (Å²) in [6.07, 6.45) is 9.03. The van der Waals surface area contributed by atoms with Crippen LogP contribution in [-0.2, 0) is 0 Å². The van der Waals surface area contributed by atoms with Crippen LogP contribution in [0.25, 0.3) is 0 Å². The van der Waals surface area contributed by atoms with Crippen LogP contribution in [-0.4, -0.2) is 86.2 Å². The fraction of sp³-hybridized carbons (Fsp3) is 0.767. The molecular formula is C30H56FN5O. The maximum atomic E-state index is 12.8. The SMILES string of the molecule is CC.CCCCC(C)N1CCC(NCC)CC1.CN1CCC(CN(C)C(=O)Nc2ccc(F)cc2)CC1. The summed E-state index contributed by atoms with van der Waals surface area (Å²) in [5, 5.41) is 6.34. The van der Waals surface area contributed by atoms with E-state index in [1.165, 1.54) is 57.3 Å². The van der Waals surface area contributed by atoms with Gasteiger partial charge in [-0.05, 0) is 109 Å². The molecule has 0 spiro atoms. The second kappa shape index (κ2) is 19.4. The van der Waals surface area contributed by atoms with E-state index in [4.69, 9.17) is 0 Å². The third-order valence-electron chi connectivity index (χ3n) is 7.43. The number of hydrogen-bond donors (Lipinski definition) is 2. The second-order valence-corrected chi connectivity index (χ2v) is 10.4. The van der Waals surface area contributed by atoms with Crippen LogP contribution in [0.15, 0.2) is 24.3 Å². The lowest BCUT2D eigenvalue weighted by molar-refractivity contribution is 0.145. The predicted octanol–water partition coefficient (Wildman–Crippen LogP) is 6.30. The number of likely N-dealkylation sites (tertiary alicyclic amines) is 2. The summed E-state index contributed by atoms with van der Waals surface area (Å²) < 4.78 is 12.8. The molecule has 7 heteroatoms. The molecule has 1 unspecified atom stereocenters. The summed E-state index contributed by atoms with van der Waals surface area (Å²) in [6, 6.07) is 7.25. The van der Waals surface area contributed by atoms with Gasteiger partial charge in [0.25, 0.3) is 0 Å². The Morgan fingerprint density at radius 2 is 1.65 bits per heavy atom. The van der Waals surface area contributed by atoms with Crippen molar-refractivity contribution in [2.75, 3.05) is 58.7 Å². The maximum Gasteiger partial charge on any atom is 0.321 e. The monoisotopic (exact) mass is 521 g/mol. The smallest absolute Gasteiger partial charge is 0.321 e. The van der Waals surface area contributed by atoms with Crippen LogP contribution in [0.2, 0.25) is 0 Å². The number of halogens is 1. The number of nitrogens with one attached hydrogen (secondary N) is 2. The highest BCUT2D eigenvalue weighted by Gasteiger charge is 2.22. The molecule has 0 aromatic heterocycles. The van der Waals surface area contributed by atoms with Crippen LogP contribution in [0, 0.1) is 11.7 Å². The first-order chi connectivity index (χ1) is 17.8. The van der Waals surface area contributed by atoms with E-state index in [9.17, 15) is 9.18 Å². The summed E-state index contributed by atoms with van der Waals surface area (Å²) in [6.45, 7) is 17.5. The molecule has 6 nitrogen and oxygen atoms in total. The molecule has 2 fully saturated rings. The highest BCUT2D eigenvalue weighted by Crippen LogP contribution is 2.18. The molecule has 2 aliphatic heterocycles. The Balaban J connectivity index is 0.000000360. The molecule has 1 aromatic rings. The van der Waals surface area contributed by atoms with Crippen LogP contribution < -0.4 is 10.6 Å². The van der Waals surface area contributed by atoms with Gasteiger partial charge in [-0.15, -0.1) is 0 Å². The molecule has 0 saturated carbocycles. The largest absolute Gasteiger partial charge is 0.327 e. The number of carbonyl (C=O) groups is 1. The molecule has 2 heterocycles. The Labute approximate surface area is 227 Å². The van der Waals surface area contributed by atoms with E-state index in [0.29, 0.717) is 11.6 Å². The van der Waals surface area contributed by atoms with Crippen LogP contribution in [0.1, 0.15) is 79.6 Å². The summed E-state index contributed by atoms with van der Waals surface area (Å²) in [5.41, 5.74) is 0.617. The topological polar surface area (TPSA) is 50.9 Å². The standard InChI is InChI=1S/C15H22FN3O.C13H28N2.C2H6/c1-18-9-7-12(8-10-18)11-19(2)15(20)17-14-5-3-13(16)4-6-14;1-4-6-7-12(3)15-10-8-13(9-11-15)14-5-2;1-2/h3-6,12H,7-11H2,1-2H3,(H,17,20);12-14H,4-11H2,1-3H3;1-2H3. The highest BCUT2D eigenvalue weighted by atomic mass is 19.1. The zero-order valence-corrected chi connectivity index (χ0v) is 24.9. The minimum atomic E-state index is -0.303. The zero-order valence-electron chi connectivity index (χ0n) is 24.9. The number of benzene rings is 1. The third-order valence-corrected chi connectivity index (χ3v) is 7.43. The summed E-state index contributed by atoms with van der Waals surface area (Å²) in [7, 11) is 3.93. The van der Waals surface area contributed by atoms with Gasteiger partial charge in [-0.25, -0.2) is 9.18 Å². The number of rotatable bonds is 9. The van der Waals surface area contributed by atoms with Crippen molar-refractivity contribution in [1.29, 1.82) is 0 Å². The first-order valence-electron chi connectivity index (χ1n) is 14.8. The average molecular weight is 522 g/mol. The molecule has 2 N–H and O–H groups in total. The summed E-state index contributed by atoms with van der Waals surface area (Å²) in [5.74, 6) is 0.262. The minimum absolute atomic E-state index is 0.143. The van der Waals surface area contributed by atoms with E-state index < -0.39 is 0 Å². The van der Waals surface area contributed by atoms with Gasteiger partial charge in [0.2, 0.25) is 0 Å². The number of anilines is 1. The molecule has 214 valence electrons. The normalized spacial score (nSPS) is 18.2. The fourth-order valence-corrected chi connectivity index (χ4v) is 4.98. The van der Waals surface area contributed by atoms with Gasteiger partial charge in [-0.3, -0.25) is 0 Å². The Morgan fingerprint density at radius 3 is 2.19 bits per heavy atom. The zero-order chi connectivity index (χ0) is 27.6. The summed E-state index contributed by atoms with van der Waals surface area (Å²) in [4.78, 5) is 18.7. The Morgan fingerprint density at radius 1 is 1.05 bits per heavy atom. The number of piperidine rings is 2. The highest BCUT2D eigenvalue weighted by molar-refractivity contribution is 5.89. The molecule has 3 rings (SSSR count). The van der Waals surface area contributed by atoms with Gasteiger partial charge in [0.15, 0.2) is 0 Å². The number of carbonyl (C=O) groups excluding carboxylic acids is 1. The molecule has 0 bridgehead atoms. The number of nitrogens with zero attached hydrogens (tertiary/aromatic N) is 3. The van der Waals surface area contributed by atoms with Gasteiger partial charge in [-0.1, -0.05) is 40.5 Å². The molecule has 2 aliphatic rings. The molecule has 37 heavy (non-hydrogen) atoms. The number of amides is 2. The van der Waals surface area contributed by atoms with Gasteiger partial charge in [-0.2, -0.15) is 0 Å². The van der Waals surface area contributed by atoms with Crippen LogP contribution in [0.5, 0.6) is 0 Å². The van der Waals surface area contributed by atoms with Gasteiger partial charge in [0, 0.05) is 31.4 Å². The molecule has 2 amide bonds. The quantitative estimate of drug-likeness (QED) is 0.401. The molecule has 2 saturated heterocycles. The van der Waals surface area contributed by atoms with E-state index in [1.54, 1.807) is 24.1 Å². The van der Waals surface area contributed by atoms with Gasteiger partial charge in [0.05, 0.1) is 0 Å². The van der Waals surface area contributed by atoms with E-state index in [0.717, 1.165) is 51.1 Å². The van der Waals surface area contributed by atoms with Crippen molar-refractivity contribution in [3.63, 3.8) is 0 Å². The predicted molar refractivity (Wildman–Crippen MR) is 157 cm³/mol. The van der Waals surface area contributed by atoms with Gasteiger partial charge >= 0.3 is 6.03 Å². The van der Waals surface area contributed by atoms with Crippen molar-refractivity contribution in [1.82, 2.24) is 20.0 Å². The Kier molecular flexibility index (Phi) is 17.5. The van der Waals surface area contributed by atoms with E-state index in [1.807, 2.05) is 13.8 Å². The van der Waals surface area contributed by atoms with Gasteiger partial charge in [0.1, 0.15) is 5.82 Å².